The van der Waals surface area contributed by atoms with E-state index in [-0.39, 0.29) is 5.41 Å². The number of nitriles is 1. The molecule has 0 amide bonds. The highest BCUT2D eigenvalue weighted by Crippen LogP contribution is 2.53. The van der Waals surface area contributed by atoms with E-state index in [4.69, 9.17) is 0 Å². The van der Waals surface area contributed by atoms with Crippen molar-refractivity contribution in [2.75, 3.05) is 0 Å². The Balaban J connectivity index is 1.51. The maximum Gasteiger partial charge on any atom is 0.0692 e. The van der Waals surface area contributed by atoms with Crippen LogP contribution in [0.5, 0.6) is 0 Å². The van der Waals surface area contributed by atoms with Crippen molar-refractivity contribution in [3.05, 3.63) is 0 Å². The van der Waals surface area contributed by atoms with E-state index in [1.54, 1.807) is 0 Å². The highest BCUT2D eigenvalue weighted by molar-refractivity contribution is 5.07. The molecule has 0 saturated heterocycles. The third-order valence-electron chi connectivity index (χ3n) is 9.57. The van der Waals surface area contributed by atoms with Crippen molar-refractivity contribution in [3.8, 4) is 6.07 Å². The SMILES string of the molecule is CCCCCCC[C@@]1(C#N)CCCC[C@H]1C1CCC([C@H]2CC[C@H](CC)CC2)CC1. The second kappa shape index (κ2) is 11.8. The van der Waals surface area contributed by atoms with Crippen LogP contribution in [-0.4, -0.2) is 0 Å². The fraction of sp³-hybridized carbons (Fsp3) is 0.964. The largest absolute Gasteiger partial charge is 0.198 e. The van der Waals surface area contributed by atoms with E-state index in [0.29, 0.717) is 5.92 Å². The van der Waals surface area contributed by atoms with Crippen LogP contribution >= 0.6 is 0 Å². The Morgan fingerprint density at radius 1 is 0.724 bits per heavy atom. The molecule has 3 aliphatic carbocycles. The molecule has 166 valence electrons. The Hall–Kier alpha value is -0.510. The Morgan fingerprint density at radius 2 is 1.34 bits per heavy atom. The Kier molecular flexibility index (Phi) is 9.40. The number of hydrogen-bond donors (Lipinski definition) is 0. The molecule has 0 aromatic rings. The average molecular weight is 400 g/mol. The van der Waals surface area contributed by atoms with E-state index in [0.717, 1.165) is 23.7 Å². The van der Waals surface area contributed by atoms with Gasteiger partial charge in [-0.25, -0.2) is 0 Å². The predicted molar refractivity (Wildman–Crippen MR) is 125 cm³/mol. The van der Waals surface area contributed by atoms with Gasteiger partial charge >= 0.3 is 0 Å². The molecule has 29 heavy (non-hydrogen) atoms. The Morgan fingerprint density at radius 3 is 1.97 bits per heavy atom. The molecule has 0 aromatic heterocycles. The summed E-state index contributed by atoms with van der Waals surface area (Å²) in [6.45, 7) is 4.67. The predicted octanol–water partition coefficient (Wildman–Crippen LogP) is 9.07. The molecule has 2 atom stereocenters. The van der Waals surface area contributed by atoms with Crippen molar-refractivity contribution in [2.45, 2.75) is 136 Å². The summed E-state index contributed by atoms with van der Waals surface area (Å²) in [7, 11) is 0. The zero-order chi connectivity index (χ0) is 20.5. The van der Waals surface area contributed by atoms with Crippen molar-refractivity contribution in [3.63, 3.8) is 0 Å². The molecule has 3 rings (SSSR count). The van der Waals surface area contributed by atoms with E-state index >= 15 is 0 Å². The third-order valence-corrected chi connectivity index (χ3v) is 9.57. The first-order valence-corrected chi connectivity index (χ1v) is 13.6. The molecule has 0 heterocycles. The van der Waals surface area contributed by atoms with Crippen LogP contribution in [0.25, 0.3) is 0 Å². The summed E-state index contributed by atoms with van der Waals surface area (Å²) >= 11 is 0. The summed E-state index contributed by atoms with van der Waals surface area (Å²) in [5.41, 5.74) is 0.0289. The van der Waals surface area contributed by atoms with Gasteiger partial charge in [-0.3, -0.25) is 0 Å². The summed E-state index contributed by atoms with van der Waals surface area (Å²) in [5.74, 6) is 4.64. The lowest BCUT2D eigenvalue weighted by Gasteiger charge is -2.46. The Labute approximate surface area is 182 Å². The fourth-order valence-corrected chi connectivity index (χ4v) is 7.59. The molecule has 0 aliphatic heterocycles. The van der Waals surface area contributed by atoms with Gasteiger partial charge in [0.05, 0.1) is 11.5 Å². The summed E-state index contributed by atoms with van der Waals surface area (Å²) in [6, 6.07) is 2.94. The number of rotatable bonds is 9. The maximum absolute atomic E-state index is 10.3. The van der Waals surface area contributed by atoms with Crippen molar-refractivity contribution in [1.29, 1.82) is 5.26 Å². The van der Waals surface area contributed by atoms with Crippen LogP contribution in [0, 0.1) is 46.3 Å². The second-order valence-electron chi connectivity index (χ2n) is 11.1. The first-order chi connectivity index (χ1) is 14.2. The van der Waals surface area contributed by atoms with Gasteiger partial charge in [0.25, 0.3) is 0 Å². The lowest BCUT2D eigenvalue weighted by Crippen LogP contribution is -2.39. The number of unbranched alkanes of at least 4 members (excludes halogenated alkanes) is 4. The van der Waals surface area contributed by atoms with E-state index in [9.17, 15) is 5.26 Å². The van der Waals surface area contributed by atoms with Crippen LogP contribution in [0.1, 0.15) is 136 Å². The summed E-state index contributed by atoms with van der Waals surface area (Å²) < 4.78 is 0. The minimum absolute atomic E-state index is 0.0289. The monoisotopic (exact) mass is 399 g/mol. The van der Waals surface area contributed by atoms with Gasteiger partial charge in [0.2, 0.25) is 0 Å². The smallest absolute Gasteiger partial charge is 0.0692 e. The average Bonchev–Trinajstić information content (AvgIpc) is 2.79. The van der Waals surface area contributed by atoms with Gasteiger partial charge in [0.15, 0.2) is 0 Å². The van der Waals surface area contributed by atoms with Crippen LogP contribution in [0.4, 0.5) is 0 Å². The Bertz CT molecular complexity index is 489. The summed E-state index contributed by atoms with van der Waals surface area (Å²) in [5, 5.41) is 10.3. The number of hydrogen-bond acceptors (Lipinski definition) is 1. The fourth-order valence-electron chi connectivity index (χ4n) is 7.59. The minimum atomic E-state index is 0.0289. The minimum Gasteiger partial charge on any atom is -0.198 e. The van der Waals surface area contributed by atoms with Gasteiger partial charge in [-0.1, -0.05) is 78.1 Å². The maximum atomic E-state index is 10.3. The first kappa shape index (κ1) is 23.2. The van der Waals surface area contributed by atoms with Crippen molar-refractivity contribution in [2.24, 2.45) is 35.0 Å². The van der Waals surface area contributed by atoms with Gasteiger partial charge in [0.1, 0.15) is 0 Å². The molecule has 0 radical (unpaired) electrons. The lowest BCUT2D eigenvalue weighted by atomic mass is 9.57. The molecule has 0 aromatic carbocycles. The van der Waals surface area contributed by atoms with E-state index in [1.807, 2.05) is 0 Å². The van der Waals surface area contributed by atoms with Gasteiger partial charge in [0, 0.05) is 0 Å². The standard InChI is InChI=1S/C28H49N/c1-3-5-6-7-9-20-28(22-29)21-10-8-11-27(28)26-18-16-25(17-19-26)24-14-12-23(4-2)13-15-24/h23-27H,3-21H2,1-2H3/t23-,24-,25?,26?,27-,28-/m0/s1. The normalized spacial score (nSPS) is 38.4. The molecule has 0 unspecified atom stereocenters. The molecule has 0 N–H and O–H groups in total. The van der Waals surface area contributed by atoms with Gasteiger partial charge in [-0.15, -0.1) is 0 Å². The van der Waals surface area contributed by atoms with Gasteiger partial charge < -0.3 is 0 Å². The van der Waals surface area contributed by atoms with Crippen molar-refractivity contribution >= 4 is 0 Å². The summed E-state index contributed by atoms with van der Waals surface area (Å²) in [4.78, 5) is 0. The van der Waals surface area contributed by atoms with Gasteiger partial charge in [-0.2, -0.15) is 5.26 Å². The van der Waals surface area contributed by atoms with Crippen molar-refractivity contribution in [1.82, 2.24) is 0 Å². The van der Waals surface area contributed by atoms with Crippen LogP contribution in [0.2, 0.25) is 0 Å². The molecule has 3 fully saturated rings. The molecule has 3 aliphatic rings. The molecule has 0 bridgehead atoms. The molecule has 1 heteroatoms. The molecule has 1 nitrogen and oxygen atoms in total. The quantitative estimate of drug-likeness (QED) is 0.355. The zero-order valence-corrected chi connectivity index (χ0v) is 19.8. The first-order valence-electron chi connectivity index (χ1n) is 13.6. The van der Waals surface area contributed by atoms with E-state index in [2.05, 4.69) is 19.9 Å². The van der Waals surface area contributed by atoms with Crippen LogP contribution in [0.15, 0.2) is 0 Å². The topological polar surface area (TPSA) is 23.8 Å². The lowest BCUT2D eigenvalue weighted by molar-refractivity contribution is 0.0449. The van der Waals surface area contributed by atoms with E-state index < -0.39 is 0 Å². The highest BCUT2D eigenvalue weighted by Gasteiger charge is 2.45. The van der Waals surface area contributed by atoms with Crippen LogP contribution in [0.3, 0.4) is 0 Å². The number of nitrogens with zero attached hydrogens (tertiary/aromatic N) is 1. The third kappa shape index (κ3) is 6.02. The van der Waals surface area contributed by atoms with Crippen molar-refractivity contribution < 1.29 is 0 Å². The van der Waals surface area contributed by atoms with Gasteiger partial charge in [-0.05, 0) is 87.4 Å². The molecule has 0 spiro atoms. The molecular formula is C28H49N. The molecular weight excluding hydrogens is 350 g/mol. The highest BCUT2D eigenvalue weighted by atomic mass is 14.5. The zero-order valence-electron chi connectivity index (χ0n) is 19.8. The molecule has 3 saturated carbocycles. The summed E-state index contributed by atoms with van der Waals surface area (Å²) in [6.07, 6.45) is 26.3. The van der Waals surface area contributed by atoms with E-state index in [1.165, 1.54) is 122 Å². The van der Waals surface area contributed by atoms with Crippen LogP contribution < -0.4 is 0 Å². The van der Waals surface area contributed by atoms with Crippen LogP contribution in [-0.2, 0) is 0 Å². The second-order valence-corrected chi connectivity index (χ2v) is 11.1.